The molecule has 1 aliphatic rings. The minimum absolute atomic E-state index is 0.0543. The number of aromatic nitrogens is 1. The highest BCUT2D eigenvalue weighted by atomic mass is 35.5. The van der Waals surface area contributed by atoms with Gasteiger partial charge < -0.3 is 14.6 Å². The van der Waals surface area contributed by atoms with Gasteiger partial charge in [-0.15, -0.1) is 0 Å². The van der Waals surface area contributed by atoms with Crippen LogP contribution in [0.2, 0.25) is 5.02 Å². The van der Waals surface area contributed by atoms with Crippen molar-refractivity contribution >= 4 is 17.5 Å². The Kier molecular flexibility index (Phi) is 4.45. The Hall–Kier alpha value is -1.85. The lowest BCUT2D eigenvalue weighted by atomic mass is 10.1. The molecule has 22 heavy (non-hydrogen) atoms. The highest BCUT2D eigenvalue weighted by Crippen LogP contribution is 2.23. The molecule has 1 aromatic carbocycles. The van der Waals surface area contributed by atoms with Crippen molar-refractivity contribution in [3.05, 3.63) is 41.0 Å². The lowest BCUT2D eigenvalue weighted by Gasteiger charge is -2.19. The van der Waals surface area contributed by atoms with E-state index in [1.54, 1.807) is 18.2 Å². The first-order valence-corrected chi connectivity index (χ1v) is 7.66. The van der Waals surface area contributed by atoms with E-state index in [2.05, 4.69) is 10.5 Å². The summed E-state index contributed by atoms with van der Waals surface area (Å²) in [6.07, 6.45) is 2.07. The molecule has 2 heterocycles. The number of nitrogens with one attached hydrogen (secondary N) is 1. The largest absolute Gasteiger partial charge is 0.376 e. The van der Waals surface area contributed by atoms with E-state index >= 15 is 0 Å². The van der Waals surface area contributed by atoms with Gasteiger partial charge in [0.25, 0.3) is 5.91 Å². The van der Waals surface area contributed by atoms with E-state index in [1.165, 1.54) is 0 Å². The summed E-state index contributed by atoms with van der Waals surface area (Å²) in [6, 6.07) is 8.77. The van der Waals surface area contributed by atoms with Crippen LogP contribution < -0.4 is 5.32 Å². The molecule has 0 aliphatic carbocycles. The number of ether oxygens (including phenoxy) is 1. The van der Waals surface area contributed by atoms with E-state index in [4.69, 9.17) is 20.9 Å². The van der Waals surface area contributed by atoms with Gasteiger partial charge in [-0.25, -0.2) is 0 Å². The fourth-order valence-corrected chi connectivity index (χ4v) is 2.72. The summed E-state index contributed by atoms with van der Waals surface area (Å²) in [5.41, 5.74) is 1.03. The monoisotopic (exact) mass is 320 g/mol. The normalized spacial score (nSPS) is 19.1. The van der Waals surface area contributed by atoms with Gasteiger partial charge in [0.2, 0.25) is 0 Å². The Morgan fingerprint density at radius 3 is 3.05 bits per heavy atom. The summed E-state index contributed by atoms with van der Waals surface area (Å²) in [6.45, 7) is 2.69. The van der Waals surface area contributed by atoms with Crippen LogP contribution in [0.3, 0.4) is 0 Å². The fourth-order valence-electron chi connectivity index (χ4n) is 2.53. The zero-order valence-electron chi connectivity index (χ0n) is 12.2. The van der Waals surface area contributed by atoms with Crippen molar-refractivity contribution < 1.29 is 14.1 Å². The fraction of sp³-hybridized carbons (Fsp3) is 0.375. The van der Waals surface area contributed by atoms with Crippen LogP contribution >= 0.6 is 11.6 Å². The third kappa shape index (κ3) is 3.31. The first-order chi connectivity index (χ1) is 10.6. The molecule has 2 aromatic rings. The summed E-state index contributed by atoms with van der Waals surface area (Å²) in [5, 5.41) is 7.34. The molecule has 3 rings (SSSR count). The third-order valence-electron chi connectivity index (χ3n) is 3.73. The van der Waals surface area contributed by atoms with Gasteiger partial charge in [-0.2, -0.15) is 0 Å². The quantitative estimate of drug-likeness (QED) is 0.938. The van der Waals surface area contributed by atoms with Crippen molar-refractivity contribution in [2.24, 2.45) is 0 Å². The van der Waals surface area contributed by atoms with Gasteiger partial charge in [0.1, 0.15) is 0 Å². The van der Waals surface area contributed by atoms with Gasteiger partial charge in [-0.3, -0.25) is 4.79 Å². The van der Waals surface area contributed by atoms with Crippen LogP contribution in [0.15, 0.2) is 34.9 Å². The minimum Gasteiger partial charge on any atom is -0.376 e. The predicted molar refractivity (Wildman–Crippen MR) is 82.9 cm³/mol. The van der Waals surface area contributed by atoms with Crippen molar-refractivity contribution in [2.45, 2.75) is 31.9 Å². The van der Waals surface area contributed by atoms with Gasteiger partial charge in [0, 0.05) is 23.3 Å². The Morgan fingerprint density at radius 2 is 2.32 bits per heavy atom. The Morgan fingerprint density at radius 1 is 1.45 bits per heavy atom. The SMILES string of the molecule is C[C@@H](NC(=O)c1cc(-c2cccc(Cl)c2)on1)[C@@H]1CCCO1. The molecule has 116 valence electrons. The summed E-state index contributed by atoms with van der Waals surface area (Å²) in [7, 11) is 0. The van der Waals surface area contributed by atoms with Gasteiger partial charge in [-0.1, -0.05) is 28.9 Å². The summed E-state index contributed by atoms with van der Waals surface area (Å²) in [5.74, 6) is 0.248. The van der Waals surface area contributed by atoms with E-state index in [-0.39, 0.29) is 23.7 Å². The van der Waals surface area contributed by atoms with E-state index < -0.39 is 0 Å². The van der Waals surface area contributed by atoms with Gasteiger partial charge in [0.05, 0.1) is 12.1 Å². The average molecular weight is 321 g/mol. The second-order valence-corrected chi connectivity index (χ2v) is 5.84. The van der Waals surface area contributed by atoms with Crippen LogP contribution in [0.25, 0.3) is 11.3 Å². The number of hydrogen-bond acceptors (Lipinski definition) is 4. The number of hydrogen-bond donors (Lipinski definition) is 1. The standard InChI is InChI=1S/C16H17ClN2O3/c1-10(14-6-3-7-21-14)18-16(20)13-9-15(22-19-13)11-4-2-5-12(17)8-11/h2,4-5,8-10,14H,3,6-7H2,1H3,(H,18,20)/t10-,14+/m1/s1. The number of carbonyl (C=O) groups excluding carboxylic acids is 1. The molecular weight excluding hydrogens is 304 g/mol. The molecule has 1 N–H and O–H groups in total. The highest BCUT2D eigenvalue weighted by molar-refractivity contribution is 6.30. The molecule has 1 aliphatic heterocycles. The summed E-state index contributed by atoms with van der Waals surface area (Å²) >= 11 is 5.95. The Bertz CT molecular complexity index is 665. The number of nitrogens with zero attached hydrogens (tertiary/aromatic N) is 1. The smallest absolute Gasteiger partial charge is 0.273 e. The number of halogens is 1. The van der Waals surface area contributed by atoms with Crippen LogP contribution in [-0.4, -0.2) is 29.8 Å². The molecule has 0 saturated carbocycles. The van der Waals surface area contributed by atoms with E-state index in [0.29, 0.717) is 10.8 Å². The van der Waals surface area contributed by atoms with Gasteiger partial charge >= 0.3 is 0 Å². The first kappa shape index (κ1) is 15.1. The van der Waals surface area contributed by atoms with E-state index in [0.717, 1.165) is 25.0 Å². The lowest BCUT2D eigenvalue weighted by molar-refractivity contribution is 0.0707. The lowest BCUT2D eigenvalue weighted by Crippen LogP contribution is -2.40. The molecule has 1 saturated heterocycles. The van der Waals surface area contributed by atoms with Crippen molar-refractivity contribution in [3.8, 4) is 11.3 Å². The second kappa shape index (κ2) is 6.50. The predicted octanol–water partition coefficient (Wildman–Crippen LogP) is 3.29. The van der Waals surface area contributed by atoms with E-state index in [1.807, 2.05) is 19.1 Å². The minimum atomic E-state index is -0.264. The maximum Gasteiger partial charge on any atom is 0.273 e. The van der Waals surface area contributed by atoms with Gasteiger partial charge in [-0.05, 0) is 31.9 Å². The summed E-state index contributed by atoms with van der Waals surface area (Å²) in [4.78, 5) is 12.2. The molecule has 6 heteroatoms. The van der Waals surface area contributed by atoms with Crippen molar-refractivity contribution in [3.63, 3.8) is 0 Å². The van der Waals surface area contributed by atoms with Crippen LogP contribution in [0, 0.1) is 0 Å². The summed E-state index contributed by atoms with van der Waals surface area (Å²) < 4.78 is 10.8. The van der Waals surface area contributed by atoms with Crippen molar-refractivity contribution in [1.29, 1.82) is 0 Å². The molecule has 0 spiro atoms. The maximum absolute atomic E-state index is 12.2. The average Bonchev–Trinajstić information content (AvgIpc) is 3.19. The van der Waals surface area contributed by atoms with E-state index in [9.17, 15) is 4.79 Å². The molecule has 5 nitrogen and oxygen atoms in total. The second-order valence-electron chi connectivity index (χ2n) is 5.40. The van der Waals surface area contributed by atoms with Crippen molar-refractivity contribution in [1.82, 2.24) is 10.5 Å². The molecule has 0 radical (unpaired) electrons. The molecule has 1 fully saturated rings. The van der Waals surface area contributed by atoms with Crippen LogP contribution in [0.5, 0.6) is 0 Å². The molecule has 1 aromatic heterocycles. The number of benzene rings is 1. The molecule has 2 atom stereocenters. The zero-order valence-corrected chi connectivity index (χ0v) is 13.0. The Labute approximate surface area is 133 Å². The molecule has 0 unspecified atom stereocenters. The number of carbonyl (C=O) groups is 1. The zero-order chi connectivity index (χ0) is 15.5. The topological polar surface area (TPSA) is 64.4 Å². The van der Waals surface area contributed by atoms with Crippen LogP contribution in [0.1, 0.15) is 30.3 Å². The van der Waals surface area contributed by atoms with Gasteiger partial charge in [0.15, 0.2) is 11.5 Å². The molecule has 0 bridgehead atoms. The first-order valence-electron chi connectivity index (χ1n) is 7.28. The maximum atomic E-state index is 12.2. The number of amides is 1. The third-order valence-corrected chi connectivity index (χ3v) is 3.97. The molecule has 1 amide bonds. The van der Waals surface area contributed by atoms with Crippen molar-refractivity contribution in [2.75, 3.05) is 6.61 Å². The van der Waals surface area contributed by atoms with Crippen LogP contribution in [-0.2, 0) is 4.74 Å². The van der Waals surface area contributed by atoms with Crippen LogP contribution in [0.4, 0.5) is 0 Å². The Balaban J connectivity index is 1.69. The highest BCUT2D eigenvalue weighted by Gasteiger charge is 2.25. The number of rotatable bonds is 4. The molecular formula is C16H17ClN2O3.